The third kappa shape index (κ3) is 3.70. The molecule has 0 aliphatic heterocycles. The van der Waals surface area contributed by atoms with Gasteiger partial charge in [0, 0.05) is 18.1 Å². The SMILES string of the molecule is C[C@]12CC[C@H]3[C@@H](CC=C4CCCC[C@@]43C)[C@@H]1CC[C@@H]2C(=O)C(N)S(=O)(=O)c1cccc([N+](=O)[O-])c1. The molecule has 0 aromatic heterocycles. The molecule has 0 saturated heterocycles. The lowest BCUT2D eigenvalue weighted by Crippen LogP contribution is -2.52. The Morgan fingerprint density at radius 2 is 1.91 bits per heavy atom. The third-order valence-electron chi connectivity index (χ3n) is 10.3. The smallest absolute Gasteiger partial charge is 0.270 e. The van der Waals surface area contributed by atoms with E-state index in [0.29, 0.717) is 24.2 Å². The summed E-state index contributed by atoms with van der Waals surface area (Å²) in [6, 6.07) is 4.80. The van der Waals surface area contributed by atoms with Crippen molar-refractivity contribution in [1.82, 2.24) is 0 Å². The fraction of sp³-hybridized carbons (Fsp3) is 0.667. The molecule has 0 radical (unpaired) electrons. The summed E-state index contributed by atoms with van der Waals surface area (Å²) in [6.07, 6.45) is 12.2. The number of fused-ring (bicyclic) bond motifs is 5. The predicted octanol–water partition coefficient (Wildman–Crippen LogP) is 5.19. The summed E-state index contributed by atoms with van der Waals surface area (Å²) in [7, 11) is -4.23. The molecule has 4 aliphatic rings. The number of ketones is 1. The van der Waals surface area contributed by atoms with Crippen molar-refractivity contribution in [2.45, 2.75) is 81.9 Å². The Hall–Kier alpha value is -2.06. The van der Waals surface area contributed by atoms with Crippen LogP contribution in [0.2, 0.25) is 0 Å². The molecule has 7 nitrogen and oxygen atoms in total. The Bertz CT molecular complexity index is 1190. The predicted molar refractivity (Wildman–Crippen MR) is 133 cm³/mol. The molecule has 1 aromatic carbocycles. The van der Waals surface area contributed by atoms with E-state index >= 15 is 0 Å². The Morgan fingerprint density at radius 1 is 1.14 bits per heavy atom. The fourth-order valence-corrected chi connectivity index (χ4v) is 9.75. The van der Waals surface area contributed by atoms with Crippen molar-refractivity contribution in [1.29, 1.82) is 0 Å². The molecule has 1 aromatic rings. The Morgan fingerprint density at radius 3 is 2.66 bits per heavy atom. The number of nitro benzene ring substituents is 1. The third-order valence-corrected chi connectivity index (χ3v) is 12.1. The zero-order chi connectivity index (χ0) is 25.2. The highest BCUT2D eigenvalue weighted by atomic mass is 32.2. The first kappa shape index (κ1) is 24.6. The van der Waals surface area contributed by atoms with Crippen molar-refractivity contribution in [3.8, 4) is 0 Å². The van der Waals surface area contributed by atoms with E-state index in [2.05, 4.69) is 19.9 Å². The number of hydrogen-bond acceptors (Lipinski definition) is 6. The van der Waals surface area contributed by atoms with Crippen LogP contribution >= 0.6 is 0 Å². The van der Waals surface area contributed by atoms with Gasteiger partial charge in [0.25, 0.3) is 5.69 Å². The molecule has 35 heavy (non-hydrogen) atoms. The van der Waals surface area contributed by atoms with Crippen molar-refractivity contribution >= 4 is 21.3 Å². The number of sulfone groups is 1. The van der Waals surface area contributed by atoms with Gasteiger partial charge in [-0.3, -0.25) is 14.9 Å². The molecule has 5 rings (SSSR count). The first-order chi connectivity index (χ1) is 16.5. The maximum absolute atomic E-state index is 13.6. The van der Waals surface area contributed by atoms with Crippen LogP contribution in [0.25, 0.3) is 0 Å². The number of rotatable bonds is 5. The standard InChI is InChI=1S/C27H36N2O5S/c1-26-14-4-3-6-17(26)9-10-20-21-11-12-23(27(21,2)15-13-22(20)26)24(30)25(28)35(33,34)19-8-5-7-18(16-19)29(31)32/h5,7-9,16,20-23,25H,3-4,6,10-15,28H2,1-2H3/t20-,21-,22-,23+,25?,26-,27-/m0/s1. The van der Waals surface area contributed by atoms with Crippen LogP contribution in [-0.4, -0.2) is 24.5 Å². The zero-order valence-electron chi connectivity index (χ0n) is 20.6. The molecule has 0 amide bonds. The van der Waals surface area contributed by atoms with Gasteiger partial charge in [0.2, 0.25) is 9.84 Å². The second-order valence-electron chi connectivity index (χ2n) is 11.8. The summed E-state index contributed by atoms with van der Waals surface area (Å²) in [5, 5.41) is 9.42. The zero-order valence-corrected chi connectivity index (χ0v) is 21.4. The number of nitrogens with zero attached hydrogens (tertiary/aromatic N) is 1. The number of carbonyl (C=O) groups excluding carboxylic acids is 1. The van der Waals surface area contributed by atoms with E-state index in [0.717, 1.165) is 31.7 Å². The van der Waals surface area contributed by atoms with Crippen LogP contribution in [-0.2, 0) is 14.6 Å². The minimum absolute atomic E-state index is 0.259. The van der Waals surface area contributed by atoms with E-state index < -0.39 is 31.8 Å². The van der Waals surface area contributed by atoms with E-state index in [1.165, 1.54) is 43.9 Å². The number of nitro groups is 1. The van der Waals surface area contributed by atoms with Crippen LogP contribution in [0.4, 0.5) is 5.69 Å². The molecular formula is C27H36N2O5S. The quantitative estimate of drug-likeness (QED) is 0.337. The molecule has 8 heteroatoms. The van der Waals surface area contributed by atoms with Crippen molar-refractivity contribution in [3.63, 3.8) is 0 Å². The van der Waals surface area contributed by atoms with Gasteiger partial charge in [-0.05, 0) is 86.0 Å². The molecule has 0 bridgehead atoms. The number of nitrogens with two attached hydrogens (primary N) is 1. The largest absolute Gasteiger partial charge is 0.309 e. The summed E-state index contributed by atoms with van der Waals surface area (Å²) in [5.41, 5.74) is 7.46. The summed E-state index contributed by atoms with van der Waals surface area (Å²) in [5.74, 6) is 0.719. The first-order valence-corrected chi connectivity index (χ1v) is 14.5. The number of Topliss-reactive ketones (excluding diaryl/α,β-unsaturated/α-hetero) is 1. The monoisotopic (exact) mass is 500 g/mol. The summed E-state index contributed by atoms with van der Waals surface area (Å²) in [6.45, 7) is 4.63. The number of non-ortho nitro benzene ring substituents is 1. The molecular weight excluding hydrogens is 464 g/mol. The van der Waals surface area contributed by atoms with Crippen molar-refractivity contribution in [3.05, 3.63) is 46.0 Å². The van der Waals surface area contributed by atoms with Crippen molar-refractivity contribution in [2.24, 2.45) is 40.2 Å². The van der Waals surface area contributed by atoms with Crippen LogP contribution in [0.15, 0.2) is 40.8 Å². The number of carbonyl (C=O) groups is 1. The van der Waals surface area contributed by atoms with Crippen LogP contribution in [0.1, 0.15) is 71.6 Å². The topological polar surface area (TPSA) is 120 Å². The number of allylic oxidation sites excluding steroid dienone is 2. The molecule has 1 unspecified atom stereocenters. The highest BCUT2D eigenvalue weighted by molar-refractivity contribution is 7.92. The Balaban J connectivity index is 1.40. The van der Waals surface area contributed by atoms with Gasteiger partial charge >= 0.3 is 0 Å². The van der Waals surface area contributed by atoms with E-state index in [4.69, 9.17) is 5.73 Å². The van der Waals surface area contributed by atoms with Gasteiger partial charge in [0.05, 0.1) is 9.82 Å². The summed E-state index contributed by atoms with van der Waals surface area (Å²) >= 11 is 0. The maximum Gasteiger partial charge on any atom is 0.270 e. The van der Waals surface area contributed by atoms with Crippen LogP contribution in [0.5, 0.6) is 0 Å². The van der Waals surface area contributed by atoms with E-state index in [1.54, 1.807) is 5.57 Å². The van der Waals surface area contributed by atoms with Gasteiger partial charge in [-0.1, -0.05) is 38.0 Å². The van der Waals surface area contributed by atoms with Crippen molar-refractivity contribution in [2.75, 3.05) is 0 Å². The van der Waals surface area contributed by atoms with Gasteiger partial charge < -0.3 is 5.73 Å². The summed E-state index contributed by atoms with van der Waals surface area (Å²) in [4.78, 5) is 23.9. The number of benzene rings is 1. The van der Waals surface area contributed by atoms with Gasteiger partial charge in [-0.2, -0.15) is 0 Å². The lowest BCUT2D eigenvalue weighted by Gasteiger charge is -2.57. The average molecular weight is 501 g/mol. The fourth-order valence-electron chi connectivity index (χ4n) is 8.44. The molecule has 0 heterocycles. The molecule has 7 atom stereocenters. The maximum atomic E-state index is 13.6. The summed E-state index contributed by atoms with van der Waals surface area (Å²) < 4.78 is 26.4. The highest BCUT2D eigenvalue weighted by Gasteiger charge is 2.60. The van der Waals surface area contributed by atoms with E-state index in [1.807, 2.05) is 0 Å². The molecule has 3 saturated carbocycles. The van der Waals surface area contributed by atoms with E-state index in [-0.39, 0.29) is 21.4 Å². The second kappa shape index (κ2) is 8.51. The molecule has 4 aliphatic carbocycles. The highest BCUT2D eigenvalue weighted by Crippen LogP contribution is 2.66. The lowest BCUT2D eigenvalue weighted by atomic mass is 9.47. The first-order valence-electron chi connectivity index (χ1n) is 13.0. The lowest BCUT2D eigenvalue weighted by molar-refractivity contribution is -0.385. The second-order valence-corrected chi connectivity index (χ2v) is 13.8. The minimum atomic E-state index is -4.23. The molecule has 0 spiro atoms. The van der Waals surface area contributed by atoms with E-state index in [9.17, 15) is 23.3 Å². The average Bonchev–Trinajstić information content (AvgIpc) is 3.20. The van der Waals surface area contributed by atoms with Crippen molar-refractivity contribution < 1.29 is 18.1 Å². The molecule has 2 N–H and O–H groups in total. The van der Waals surface area contributed by atoms with Crippen LogP contribution in [0, 0.1) is 44.6 Å². The Labute approximate surface area is 207 Å². The van der Waals surface area contributed by atoms with Gasteiger partial charge in [0.1, 0.15) is 0 Å². The molecule has 190 valence electrons. The Kier molecular flexibility index (Phi) is 5.99. The van der Waals surface area contributed by atoms with Gasteiger partial charge in [0.15, 0.2) is 11.2 Å². The van der Waals surface area contributed by atoms with Gasteiger partial charge in [-0.15, -0.1) is 0 Å². The number of hydrogen-bond donors (Lipinski definition) is 1. The normalized spacial score (nSPS) is 37.4. The van der Waals surface area contributed by atoms with Crippen LogP contribution in [0.3, 0.4) is 0 Å². The van der Waals surface area contributed by atoms with Gasteiger partial charge in [-0.25, -0.2) is 8.42 Å². The molecule has 3 fully saturated rings. The minimum Gasteiger partial charge on any atom is -0.309 e. The van der Waals surface area contributed by atoms with Crippen LogP contribution < -0.4 is 5.73 Å².